The number of hydrogen-bond donors (Lipinski definition) is 1. The Balaban J connectivity index is 2.45. The van der Waals surface area contributed by atoms with Gasteiger partial charge in [0.05, 0.1) is 18.8 Å². The zero-order valence-corrected chi connectivity index (χ0v) is 14.6. The van der Waals surface area contributed by atoms with E-state index in [9.17, 15) is 4.79 Å². The molecule has 0 spiro atoms. The molecular weight excluding hydrogens is 310 g/mol. The van der Waals surface area contributed by atoms with Crippen LogP contribution in [0.15, 0.2) is 18.2 Å². The summed E-state index contributed by atoms with van der Waals surface area (Å²) in [4.78, 5) is 12.0. The minimum Gasteiger partial charge on any atom is -0.491 e. The first-order valence-electron chi connectivity index (χ1n) is 7.97. The highest BCUT2D eigenvalue weighted by atomic mass is 16.5. The largest absolute Gasteiger partial charge is 0.491 e. The van der Waals surface area contributed by atoms with E-state index in [-0.39, 0.29) is 24.5 Å². The predicted molar refractivity (Wildman–Crippen MR) is 89.3 cm³/mol. The minimum atomic E-state index is -0.525. The molecule has 0 aliphatic carbocycles. The van der Waals surface area contributed by atoms with Gasteiger partial charge in [-0.2, -0.15) is 10.3 Å². The quantitative estimate of drug-likeness (QED) is 0.783. The van der Waals surface area contributed by atoms with Crippen molar-refractivity contribution in [3.63, 3.8) is 0 Å². The summed E-state index contributed by atoms with van der Waals surface area (Å²) >= 11 is 0. The first-order chi connectivity index (χ1) is 11.4. The summed E-state index contributed by atoms with van der Waals surface area (Å²) in [6.45, 7) is 9.77. The Kier molecular flexibility index (Phi) is 5.78. The lowest BCUT2D eigenvalue weighted by molar-refractivity contribution is 0.0520. The highest BCUT2D eigenvalue weighted by molar-refractivity contribution is 5.94. The Morgan fingerprint density at radius 3 is 2.12 bits per heavy atom. The number of H-pyrrole nitrogens is 1. The third kappa shape index (κ3) is 4.47. The first kappa shape index (κ1) is 17.8. The molecule has 2 rings (SSSR count). The molecular formula is C17H23N3O4. The maximum Gasteiger partial charge on any atom is 0.361 e. The second-order valence-electron chi connectivity index (χ2n) is 5.77. The van der Waals surface area contributed by atoms with Gasteiger partial charge in [-0.15, -0.1) is 5.10 Å². The van der Waals surface area contributed by atoms with Gasteiger partial charge in [-0.3, -0.25) is 0 Å². The number of hydrogen-bond acceptors (Lipinski definition) is 6. The van der Waals surface area contributed by atoms with Crippen molar-refractivity contribution in [3.8, 4) is 22.8 Å². The number of aromatic nitrogens is 3. The van der Waals surface area contributed by atoms with Crippen molar-refractivity contribution in [2.24, 2.45) is 0 Å². The van der Waals surface area contributed by atoms with Crippen LogP contribution in [0.1, 0.15) is 45.1 Å². The van der Waals surface area contributed by atoms with Gasteiger partial charge in [-0.05, 0) is 46.8 Å². The molecule has 1 aromatic heterocycles. The van der Waals surface area contributed by atoms with Crippen molar-refractivity contribution >= 4 is 5.97 Å². The van der Waals surface area contributed by atoms with Crippen LogP contribution in [0.5, 0.6) is 11.5 Å². The van der Waals surface area contributed by atoms with E-state index >= 15 is 0 Å². The van der Waals surface area contributed by atoms with E-state index in [4.69, 9.17) is 14.2 Å². The molecule has 130 valence electrons. The molecule has 0 saturated carbocycles. The summed E-state index contributed by atoms with van der Waals surface area (Å²) in [6.07, 6.45) is 0.0166. The molecule has 24 heavy (non-hydrogen) atoms. The number of carbonyl (C=O) groups is 1. The fourth-order valence-electron chi connectivity index (χ4n) is 2.16. The first-order valence-corrected chi connectivity index (χ1v) is 7.97. The molecule has 0 saturated heterocycles. The fraction of sp³-hybridized carbons (Fsp3) is 0.471. The van der Waals surface area contributed by atoms with Gasteiger partial charge in [0.25, 0.3) is 0 Å². The normalized spacial score (nSPS) is 11.0. The Morgan fingerprint density at radius 2 is 1.62 bits per heavy atom. The Morgan fingerprint density at radius 1 is 1.04 bits per heavy atom. The molecule has 0 atom stereocenters. The molecule has 0 aliphatic rings. The average molecular weight is 333 g/mol. The molecule has 7 heteroatoms. The number of nitrogens with zero attached hydrogens (tertiary/aromatic N) is 2. The SMILES string of the molecule is CCOC(=O)c1n[nH]nc1-c1cc(OC(C)C)cc(OC(C)C)c1. The highest BCUT2D eigenvalue weighted by Gasteiger charge is 2.20. The maximum absolute atomic E-state index is 12.0. The Hall–Kier alpha value is -2.57. The van der Waals surface area contributed by atoms with Gasteiger partial charge in [-0.1, -0.05) is 0 Å². The number of ether oxygens (including phenoxy) is 3. The van der Waals surface area contributed by atoms with Crippen LogP contribution in [0.4, 0.5) is 0 Å². The molecule has 0 unspecified atom stereocenters. The summed E-state index contributed by atoms with van der Waals surface area (Å²) in [5.74, 6) is 0.745. The van der Waals surface area contributed by atoms with Crippen molar-refractivity contribution < 1.29 is 19.0 Å². The molecule has 0 fully saturated rings. The van der Waals surface area contributed by atoms with Gasteiger partial charge in [-0.25, -0.2) is 4.79 Å². The summed E-state index contributed by atoms with van der Waals surface area (Å²) in [6, 6.07) is 5.41. The summed E-state index contributed by atoms with van der Waals surface area (Å²) in [5.41, 5.74) is 1.20. The second-order valence-corrected chi connectivity index (χ2v) is 5.77. The molecule has 1 N–H and O–H groups in total. The van der Waals surface area contributed by atoms with Crippen molar-refractivity contribution in [2.75, 3.05) is 6.61 Å². The summed E-state index contributed by atoms with van der Waals surface area (Å²) in [5, 5.41) is 10.5. The monoisotopic (exact) mass is 333 g/mol. The van der Waals surface area contributed by atoms with Crippen LogP contribution in [-0.4, -0.2) is 40.2 Å². The smallest absolute Gasteiger partial charge is 0.361 e. The van der Waals surface area contributed by atoms with Crippen LogP contribution >= 0.6 is 0 Å². The molecule has 2 aromatic rings. The summed E-state index contributed by atoms with van der Waals surface area (Å²) < 4.78 is 16.6. The molecule has 0 radical (unpaired) electrons. The zero-order valence-electron chi connectivity index (χ0n) is 14.6. The molecule has 0 aliphatic heterocycles. The van der Waals surface area contributed by atoms with Gasteiger partial charge in [0.15, 0.2) is 5.69 Å². The van der Waals surface area contributed by atoms with Gasteiger partial charge in [0, 0.05) is 11.6 Å². The van der Waals surface area contributed by atoms with Crippen molar-refractivity contribution in [3.05, 3.63) is 23.9 Å². The number of nitrogens with one attached hydrogen (secondary N) is 1. The van der Waals surface area contributed by atoms with Gasteiger partial charge in [0.2, 0.25) is 0 Å². The van der Waals surface area contributed by atoms with Crippen LogP contribution in [0.25, 0.3) is 11.3 Å². The van der Waals surface area contributed by atoms with Gasteiger partial charge in [0.1, 0.15) is 17.2 Å². The van der Waals surface area contributed by atoms with E-state index in [1.165, 1.54) is 0 Å². The third-order valence-electron chi connectivity index (χ3n) is 2.91. The molecule has 7 nitrogen and oxygen atoms in total. The van der Waals surface area contributed by atoms with Gasteiger partial charge < -0.3 is 14.2 Å². The molecule has 1 heterocycles. The summed E-state index contributed by atoms with van der Waals surface area (Å²) in [7, 11) is 0. The standard InChI is InChI=1S/C17H23N3O4/c1-6-22-17(21)16-15(18-20-19-16)12-7-13(23-10(2)3)9-14(8-12)24-11(4)5/h7-11H,6H2,1-5H3,(H,18,19,20). The topological polar surface area (TPSA) is 86.3 Å². The predicted octanol–water partition coefficient (Wildman–Crippen LogP) is 3.22. The van der Waals surface area contributed by atoms with Crippen LogP contribution in [0.2, 0.25) is 0 Å². The van der Waals surface area contributed by atoms with E-state index < -0.39 is 5.97 Å². The molecule has 1 aromatic carbocycles. The lowest BCUT2D eigenvalue weighted by atomic mass is 10.1. The lowest BCUT2D eigenvalue weighted by Crippen LogP contribution is -2.09. The average Bonchev–Trinajstić information content (AvgIpc) is 2.95. The van der Waals surface area contributed by atoms with E-state index in [0.29, 0.717) is 22.8 Å². The maximum atomic E-state index is 12.0. The van der Waals surface area contributed by atoms with E-state index in [1.54, 1.807) is 19.1 Å². The van der Waals surface area contributed by atoms with Crippen LogP contribution in [0.3, 0.4) is 0 Å². The van der Waals surface area contributed by atoms with Crippen molar-refractivity contribution in [1.29, 1.82) is 0 Å². The Bertz CT molecular complexity index is 667. The molecule has 0 amide bonds. The number of carbonyl (C=O) groups excluding carboxylic acids is 1. The van der Waals surface area contributed by atoms with Crippen LogP contribution in [0, 0.1) is 0 Å². The van der Waals surface area contributed by atoms with Gasteiger partial charge >= 0.3 is 5.97 Å². The number of rotatable bonds is 7. The second kappa shape index (κ2) is 7.81. The van der Waals surface area contributed by atoms with Crippen LogP contribution < -0.4 is 9.47 Å². The zero-order chi connectivity index (χ0) is 17.7. The van der Waals surface area contributed by atoms with Crippen LogP contribution in [-0.2, 0) is 4.74 Å². The van der Waals surface area contributed by atoms with Crippen molar-refractivity contribution in [1.82, 2.24) is 15.4 Å². The number of aromatic amines is 1. The van der Waals surface area contributed by atoms with E-state index in [0.717, 1.165) is 0 Å². The third-order valence-corrected chi connectivity index (χ3v) is 2.91. The lowest BCUT2D eigenvalue weighted by Gasteiger charge is -2.15. The molecule has 0 bridgehead atoms. The van der Waals surface area contributed by atoms with E-state index in [2.05, 4.69) is 15.4 Å². The number of esters is 1. The highest BCUT2D eigenvalue weighted by Crippen LogP contribution is 2.31. The Labute approximate surface area is 141 Å². The minimum absolute atomic E-state index is 0.00832. The van der Waals surface area contributed by atoms with Crippen molar-refractivity contribution in [2.45, 2.75) is 46.8 Å². The van der Waals surface area contributed by atoms with E-state index in [1.807, 2.05) is 33.8 Å². The number of benzene rings is 1. The fourth-order valence-corrected chi connectivity index (χ4v) is 2.16.